The van der Waals surface area contributed by atoms with Crippen LogP contribution in [0.2, 0.25) is 0 Å². The standard InChI is InChI=1S/C32H35F16NO6/c1-2-3-4-5-6-7-14-52-24-12-13-25(49-17-24)21-8-10-23(11-9-21)53-16-15-50-18-22(33)19-51-20-26(34,35)54-31(45,46)32(47,48)55-30(43,44)28(38,39)27(36,37)29(40,41)42/h8-13,17,22H,2-7,14-16,18-20H2,1H3/t22-/m1/s1. The Kier molecular flexibility index (Phi) is 17.1. The first-order chi connectivity index (χ1) is 25.3. The molecule has 0 spiro atoms. The minimum Gasteiger partial charge on any atom is -0.492 e. The zero-order valence-corrected chi connectivity index (χ0v) is 28.5. The first kappa shape index (κ1) is 47.8. The molecule has 1 aromatic heterocycles. The molecule has 0 unspecified atom stereocenters. The minimum atomic E-state index is -7.96. The van der Waals surface area contributed by atoms with Gasteiger partial charge in [0.15, 0.2) is 0 Å². The van der Waals surface area contributed by atoms with Gasteiger partial charge in [0.2, 0.25) is 0 Å². The average molecular weight is 834 g/mol. The highest BCUT2D eigenvalue weighted by Crippen LogP contribution is 2.56. The molecule has 0 aliphatic rings. The van der Waals surface area contributed by atoms with Crippen molar-refractivity contribution in [1.29, 1.82) is 0 Å². The number of nitrogens with zero attached hydrogens (tertiary/aromatic N) is 1. The van der Waals surface area contributed by atoms with Gasteiger partial charge in [-0.05, 0) is 42.8 Å². The van der Waals surface area contributed by atoms with Crippen molar-refractivity contribution >= 4 is 0 Å². The molecule has 0 bridgehead atoms. The molecule has 316 valence electrons. The number of aromatic nitrogens is 1. The van der Waals surface area contributed by atoms with Crippen molar-refractivity contribution in [3.63, 3.8) is 0 Å². The van der Waals surface area contributed by atoms with Crippen LogP contribution in [-0.4, -0.2) is 93.3 Å². The van der Waals surface area contributed by atoms with Crippen molar-refractivity contribution in [1.82, 2.24) is 4.98 Å². The van der Waals surface area contributed by atoms with Crippen LogP contribution in [0.1, 0.15) is 45.4 Å². The molecule has 7 nitrogen and oxygen atoms in total. The monoisotopic (exact) mass is 833 g/mol. The van der Waals surface area contributed by atoms with Gasteiger partial charge in [0.25, 0.3) is 0 Å². The number of unbranched alkanes of at least 4 members (excludes halogenated alkanes) is 5. The van der Waals surface area contributed by atoms with E-state index in [1.165, 1.54) is 24.0 Å². The Morgan fingerprint density at radius 3 is 1.69 bits per heavy atom. The second-order valence-corrected chi connectivity index (χ2v) is 11.6. The predicted molar refractivity (Wildman–Crippen MR) is 158 cm³/mol. The maximum Gasteiger partial charge on any atom is 0.460 e. The van der Waals surface area contributed by atoms with Crippen molar-refractivity contribution < 1.29 is 98.7 Å². The van der Waals surface area contributed by atoms with E-state index in [0.717, 1.165) is 24.8 Å². The molecule has 0 saturated heterocycles. The van der Waals surface area contributed by atoms with E-state index in [1.807, 2.05) is 0 Å². The molecular formula is C32H35F16NO6. The summed E-state index contributed by atoms with van der Waals surface area (Å²) in [7, 11) is 0. The lowest BCUT2D eigenvalue weighted by Crippen LogP contribution is -2.64. The van der Waals surface area contributed by atoms with Crippen molar-refractivity contribution in [2.45, 2.75) is 94.1 Å². The summed E-state index contributed by atoms with van der Waals surface area (Å²) in [6, 6.07) is 10.1. The lowest BCUT2D eigenvalue weighted by molar-refractivity contribution is -0.543. The van der Waals surface area contributed by atoms with Crippen molar-refractivity contribution in [2.24, 2.45) is 0 Å². The Morgan fingerprint density at radius 2 is 1.11 bits per heavy atom. The quantitative estimate of drug-likeness (QED) is 0.0691. The lowest BCUT2D eigenvalue weighted by Gasteiger charge is -2.36. The lowest BCUT2D eigenvalue weighted by atomic mass is 10.1. The van der Waals surface area contributed by atoms with Gasteiger partial charge in [0.05, 0.1) is 38.3 Å². The van der Waals surface area contributed by atoms with E-state index in [1.54, 1.807) is 42.6 Å². The SMILES string of the molecule is CCCCCCCCOc1ccc(-c2ccc(OCCOC[C@@H](F)COCC(F)(F)OC(F)(F)C(F)(F)OC(F)(F)C(F)(F)C(F)(F)C(F)(F)F)cc2)nc1. The molecule has 23 heteroatoms. The van der Waals surface area contributed by atoms with E-state index in [9.17, 15) is 70.2 Å². The zero-order valence-electron chi connectivity index (χ0n) is 28.5. The van der Waals surface area contributed by atoms with Crippen LogP contribution < -0.4 is 9.47 Å². The maximum atomic E-state index is 13.9. The number of pyridine rings is 1. The molecule has 0 fully saturated rings. The first-order valence-electron chi connectivity index (χ1n) is 16.1. The van der Waals surface area contributed by atoms with E-state index in [2.05, 4.69) is 21.4 Å². The number of hydrogen-bond donors (Lipinski definition) is 0. The Bertz CT molecular complexity index is 1410. The smallest absolute Gasteiger partial charge is 0.460 e. The van der Waals surface area contributed by atoms with Crippen LogP contribution >= 0.6 is 0 Å². The summed E-state index contributed by atoms with van der Waals surface area (Å²) < 4.78 is 234. The van der Waals surface area contributed by atoms with Crippen LogP contribution in [0.3, 0.4) is 0 Å². The van der Waals surface area contributed by atoms with Gasteiger partial charge < -0.3 is 18.9 Å². The van der Waals surface area contributed by atoms with Crippen molar-refractivity contribution in [2.75, 3.05) is 39.6 Å². The van der Waals surface area contributed by atoms with E-state index in [-0.39, 0.29) is 13.2 Å². The largest absolute Gasteiger partial charge is 0.492 e. The molecule has 0 N–H and O–H groups in total. The third-order valence-electron chi connectivity index (χ3n) is 7.01. The van der Waals surface area contributed by atoms with Crippen LogP contribution in [0.4, 0.5) is 70.2 Å². The van der Waals surface area contributed by atoms with E-state index in [0.29, 0.717) is 23.8 Å². The summed E-state index contributed by atoms with van der Waals surface area (Å²) in [4.78, 5) is 4.37. The van der Waals surface area contributed by atoms with Gasteiger partial charge in [-0.15, -0.1) is 0 Å². The first-order valence-corrected chi connectivity index (χ1v) is 16.1. The van der Waals surface area contributed by atoms with Gasteiger partial charge in [-0.1, -0.05) is 39.0 Å². The number of rotatable bonds is 26. The summed E-state index contributed by atoms with van der Waals surface area (Å²) in [5.41, 5.74) is 1.39. The van der Waals surface area contributed by atoms with Gasteiger partial charge in [0.1, 0.15) is 30.9 Å². The molecule has 1 heterocycles. The molecule has 0 saturated carbocycles. The fourth-order valence-corrected chi connectivity index (χ4v) is 4.14. The molecular weight excluding hydrogens is 798 g/mol. The van der Waals surface area contributed by atoms with Crippen molar-refractivity contribution in [3.05, 3.63) is 42.6 Å². The summed E-state index contributed by atoms with van der Waals surface area (Å²) in [6.07, 6.45) is -29.4. The summed E-state index contributed by atoms with van der Waals surface area (Å²) in [6.45, 7) is -2.53. The minimum absolute atomic E-state index is 0.161. The highest BCUT2D eigenvalue weighted by molar-refractivity contribution is 5.60. The highest BCUT2D eigenvalue weighted by Gasteiger charge is 2.85. The molecule has 55 heavy (non-hydrogen) atoms. The summed E-state index contributed by atoms with van der Waals surface area (Å²) in [5, 5.41) is 0. The van der Waals surface area contributed by atoms with E-state index in [4.69, 9.17) is 14.2 Å². The number of ether oxygens (including phenoxy) is 6. The average Bonchev–Trinajstić information content (AvgIpc) is 3.06. The van der Waals surface area contributed by atoms with E-state index < -0.39 is 68.4 Å². The highest BCUT2D eigenvalue weighted by atomic mass is 19.4. The summed E-state index contributed by atoms with van der Waals surface area (Å²) in [5.74, 6) is -14.8. The van der Waals surface area contributed by atoms with Crippen LogP contribution in [0, 0.1) is 0 Å². The normalized spacial score (nSPS) is 14.3. The number of benzene rings is 1. The third-order valence-corrected chi connectivity index (χ3v) is 7.01. The van der Waals surface area contributed by atoms with Crippen molar-refractivity contribution in [3.8, 4) is 22.8 Å². The third kappa shape index (κ3) is 14.0. The topological polar surface area (TPSA) is 68.3 Å². The molecule has 1 aromatic carbocycles. The molecule has 1 atom stereocenters. The Hall–Kier alpha value is -3.31. The molecule has 2 aromatic rings. The Morgan fingerprint density at radius 1 is 0.564 bits per heavy atom. The molecule has 2 rings (SSSR count). The van der Waals surface area contributed by atoms with Crippen LogP contribution in [-0.2, 0) is 18.9 Å². The van der Waals surface area contributed by atoms with E-state index >= 15 is 0 Å². The van der Waals surface area contributed by atoms with Gasteiger partial charge in [0, 0.05) is 5.56 Å². The van der Waals surface area contributed by atoms with Crippen LogP contribution in [0.15, 0.2) is 42.6 Å². The van der Waals surface area contributed by atoms with Gasteiger partial charge in [-0.25, -0.2) is 13.9 Å². The van der Waals surface area contributed by atoms with Gasteiger partial charge in [-0.2, -0.15) is 65.9 Å². The Balaban J connectivity index is 1.73. The molecule has 0 aliphatic heterocycles. The maximum absolute atomic E-state index is 13.9. The van der Waals surface area contributed by atoms with Crippen LogP contribution in [0.25, 0.3) is 11.3 Å². The van der Waals surface area contributed by atoms with Crippen LogP contribution in [0.5, 0.6) is 11.5 Å². The fraction of sp³-hybridized carbons (Fsp3) is 0.656. The second-order valence-electron chi connectivity index (χ2n) is 11.6. The number of alkyl halides is 16. The second kappa shape index (κ2) is 19.7. The molecule has 0 aliphatic carbocycles. The predicted octanol–water partition coefficient (Wildman–Crippen LogP) is 10.5. The molecule has 0 radical (unpaired) electrons. The zero-order chi connectivity index (χ0) is 41.8. The summed E-state index contributed by atoms with van der Waals surface area (Å²) >= 11 is 0. The number of halogens is 16. The van der Waals surface area contributed by atoms with Gasteiger partial charge >= 0.3 is 42.5 Å². The molecule has 0 amide bonds. The fourth-order valence-electron chi connectivity index (χ4n) is 4.14. The Labute approximate surface area is 303 Å². The number of hydrogen-bond acceptors (Lipinski definition) is 7. The van der Waals surface area contributed by atoms with Gasteiger partial charge in [-0.3, -0.25) is 4.98 Å².